The fourth-order valence-electron chi connectivity index (χ4n) is 4.53. The first-order valence-electron chi connectivity index (χ1n) is 12.9. The van der Waals surface area contributed by atoms with Crippen molar-refractivity contribution in [1.82, 2.24) is 4.98 Å². The number of fused-ring (bicyclic) bond motifs is 1. The van der Waals surface area contributed by atoms with E-state index in [4.69, 9.17) is 40.3 Å². The van der Waals surface area contributed by atoms with Crippen LogP contribution in [0.5, 0.6) is 17.2 Å². The summed E-state index contributed by atoms with van der Waals surface area (Å²) in [6, 6.07) is 18.5. The van der Waals surface area contributed by atoms with E-state index in [1.165, 1.54) is 0 Å². The Bertz CT molecular complexity index is 1530. The lowest BCUT2D eigenvalue weighted by Gasteiger charge is -2.18. The Hall–Kier alpha value is -3.69. The Labute approximate surface area is 237 Å². The molecule has 0 bridgehead atoms. The van der Waals surface area contributed by atoms with E-state index in [2.05, 4.69) is 0 Å². The number of aliphatic hydroxyl groups excluding tert-OH is 1. The molecule has 1 atom stereocenters. The second-order valence-corrected chi connectivity index (χ2v) is 10.5. The summed E-state index contributed by atoms with van der Waals surface area (Å²) < 4.78 is 28.4. The molecule has 1 aliphatic heterocycles. The Morgan fingerprint density at radius 3 is 2.38 bits per heavy atom. The zero-order valence-electron chi connectivity index (χ0n) is 22.7. The van der Waals surface area contributed by atoms with E-state index >= 15 is 0 Å². The van der Waals surface area contributed by atoms with Gasteiger partial charge in [-0.05, 0) is 75.2 Å². The zero-order chi connectivity index (χ0) is 28.4. The standard InChI is InChI=1S/C31H30ClNO7/c1-18-5-9-22(10-6-18)38-23-11-7-20(8-12-23)28-19(2)33-27-13-21(15-34)26(32)14-25(27)29(28)39-30(35)36-16-24-17-37-31(3,4)40-24/h5-14,24,34H,15-17H2,1-4H3. The number of pyridine rings is 1. The minimum Gasteiger partial charge on any atom is -0.457 e. The Morgan fingerprint density at radius 2 is 1.75 bits per heavy atom. The average molecular weight is 564 g/mol. The number of hydrogen-bond donors (Lipinski definition) is 1. The molecule has 1 unspecified atom stereocenters. The summed E-state index contributed by atoms with van der Waals surface area (Å²) in [5.74, 6) is 0.885. The molecule has 1 N–H and O–H groups in total. The van der Waals surface area contributed by atoms with Gasteiger partial charge in [0.1, 0.15) is 24.2 Å². The van der Waals surface area contributed by atoms with Gasteiger partial charge in [-0.15, -0.1) is 0 Å². The minimum atomic E-state index is -0.900. The monoisotopic (exact) mass is 563 g/mol. The van der Waals surface area contributed by atoms with E-state index in [1.54, 1.807) is 26.0 Å². The molecule has 9 heteroatoms. The number of ether oxygens (including phenoxy) is 5. The van der Waals surface area contributed by atoms with Crippen molar-refractivity contribution in [2.75, 3.05) is 13.2 Å². The van der Waals surface area contributed by atoms with E-state index in [0.29, 0.717) is 45.1 Å². The van der Waals surface area contributed by atoms with Crippen LogP contribution < -0.4 is 9.47 Å². The van der Waals surface area contributed by atoms with Gasteiger partial charge >= 0.3 is 6.16 Å². The van der Waals surface area contributed by atoms with Crippen molar-refractivity contribution < 1.29 is 33.6 Å². The maximum absolute atomic E-state index is 12.9. The summed E-state index contributed by atoms with van der Waals surface area (Å²) in [6.07, 6.45) is -1.30. The van der Waals surface area contributed by atoms with Crippen LogP contribution in [0, 0.1) is 13.8 Å². The number of aliphatic hydroxyl groups is 1. The molecule has 40 heavy (non-hydrogen) atoms. The normalized spacial score (nSPS) is 16.2. The maximum atomic E-state index is 12.9. The van der Waals surface area contributed by atoms with E-state index in [-0.39, 0.29) is 19.0 Å². The van der Waals surface area contributed by atoms with Crippen LogP contribution in [0.25, 0.3) is 22.0 Å². The predicted octanol–water partition coefficient (Wildman–Crippen LogP) is 7.12. The Morgan fingerprint density at radius 1 is 1.07 bits per heavy atom. The lowest BCUT2D eigenvalue weighted by Crippen LogP contribution is -2.26. The molecular formula is C31H30ClNO7. The molecule has 0 spiro atoms. The zero-order valence-corrected chi connectivity index (χ0v) is 23.4. The fourth-order valence-corrected chi connectivity index (χ4v) is 4.76. The molecule has 208 valence electrons. The lowest BCUT2D eigenvalue weighted by atomic mass is 9.99. The van der Waals surface area contributed by atoms with Crippen molar-refractivity contribution in [2.24, 2.45) is 0 Å². The van der Waals surface area contributed by atoms with Crippen LogP contribution in [0.1, 0.15) is 30.7 Å². The number of hydrogen-bond acceptors (Lipinski definition) is 8. The molecule has 0 aliphatic carbocycles. The highest BCUT2D eigenvalue weighted by Gasteiger charge is 2.33. The summed E-state index contributed by atoms with van der Waals surface area (Å²) in [5.41, 5.74) is 4.14. The largest absolute Gasteiger partial charge is 0.513 e. The van der Waals surface area contributed by atoms with Gasteiger partial charge in [-0.25, -0.2) is 4.79 Å². The van der Waals surface area contributed by atoms with Crippen LogP contribution in [0.15, 0.2) is 60.7 Å². The molecule has 3 aromatic carbocycles. The van der Waals surface area contributed by atoms with Crippen LogP contribution in [0.4, 0.5) is 4.79 Å². The highest BCUT2D eigenvalue weighted by Crippen LogP contribution is 2.41. The van der Waals surface area contributed by atoms with Gasteiger partial charge in [-0.1, -0.05) is 41.4 Å². The second kappa shape index (κ2) is 11.4. The molecule has 0 saturated carbocycles. The summed E-state index contributed by atoms with van der Waals surface area (Å²) in [4.78, 5) is 17.6. The molecule has 0 radical (unpaired) electrons. The van der Waals surface area contributed by atoms with Gasteiger partial charge in [-0.2, -0.15) is 0 Å². The highest BCUT2D eigenvalue weighted by molar-refractivity contribution is 6.32. The van der Waals surface area contributed by atoms with Gasteiger partial charge in [0.15, 0.2) is 11.5 Å². The SMILES string of the molecule is Cc1ccc(Oc2ccc(-c3c(C)nc4cc(CO)c(Cl)cc4c3OC(=O)OCC3COC(C)(C)O3)cc2)cc1. The average Bonchev–Trinajstić information content (AvgIpc) is 3.28. The number of nitrogens with zero attached hydrogens (tertiary/aromatic N) is 1. The Kier molecular flexibility index (Phi) is 7.96. The van der Waals surface area contributed by atoms with Crippen LogP contribution in [-0.4, -0.2) is 41.4 Å². The number of rotatable bonds is 7. The third-order valence-electron chi connectivity index (χ3n) is 6.50. The number of benzene rings is 3. The van der Waals surface area contributed by atoms with Crippen molar-refractivity contribution in [3.8, 4) is 28.4 Å². The first-order valence-corrected chi connectivity index (χ1v) is 13.2. The smallest absolute Gasteiger partial charge is 0.457 e. The molecule has 1 aromatic heterocycles. The lowest BCUT2D eigenvalue weighted by molar-refractivity contribution is -0.143. The number of aryl methyl sites for hydroxylation is 2. The van der Waals surface area contributed by atoms with Gasteiger partial charge in [0, 0.05) is 21.7 Å². The third kappa shape index (κ3) is 6.21. The van der Waals surface area contributed by atoms with Crippen LogP contribution in [0.2, 0.25) is 5.02 Å². The van der Waals surface area contributed by atoms with Gasteiger partial charge in [0.05, 0.1) is 18.7 Å². The number of carbonyl (C=O) groups is 1. The maximum Gasteiger partial charge on any atom is 0.513 e. The minimum absolute atomic E-state index is 0.0277. The van der Waals surface area contributed by atoms with Crippen LogP contribution >= 0.6 is 11.6 Å². The van der Waals surface area contributed by atoms with E-state index in [0.717, 1.165) is 16.9 Å². The summed E-state index contributed by atoms with van der Waals surface area (Å²) in [7, 11) is 0. The molecule has 4 aromatic rings. The number of aromatic nitrogens is 1. The topological polar surface area (TPSA) is 96.3 Å². The number of carbonyl (C=O) groups excluding carboxylic acids is 1. The van der Waals surface area contributed by atoms with Crippen LogP contribution in [0.3, 0.4) is 0 Å². The van der Waals surface area contributed by atoms with Crippen molar-refractivity contribution in [3.63, 3.8) is 0 Å². The van der Waals surface area contributed by atoms with E-state index in [1.807, 2.05) is 62.4 Å². The van der Waals surface area contributed by atoms with Crippen molar-refractivity contribution in [1.29, 1.82) is 0 Å². The fraction of sp³-hybridized carbons (Fsp3) is 0.290. The molecular weight excluding hydrogens is 534 g/mol. The summed E-state index contributed by atoms with van der Waals surface area (Å²) in [6.45, 7) is 7.46. The second-order valence-electron chi connectivity index (χ2n) is 10.1. The highest BCUT2D eigenvalue weighted by atomic mass is 35.5. The molecule has 1 aliphatic rings. The van der Waals surface area contributed by atoms with Crippen LogP contribution in [-0.2, 0) is 20.8 Å². The molecule has 2 heterocycles. The quantitative estimate of drug-likeness (QED) is 0.237. The first kappa shape index (κ1) is 27.9. The Balaban J connectivity index is 1.47. The summed E-state index contributed by atoms with van der Waals surface area (Å²) in [5, 5.41) is 10.5. The third-order valence-corrected chi connectivity index (χ3v) is 6.85. The van der Waals surface area contributed by atoms with E-state index in [9.17, 15) is 9.90 Å². The van der Waals surface area contributed by atoms with Crippen molar-refractivity contribution in [2.45, 2.75) is 46.2 Å². The number of halogens is 1. The molecule has 1 saturated heterocycles. The van der Waals surface area contributed by atoms with Gasteiger partial charge < -0.3 is 28.8 Å². The molecule has 5 rings (SSSR count). The van der Waals surface area contributed by atoms with Gasteiger partial charge in [0.25, 0.3) is 0 Å². The van der Waals surface area contributed by atoms with E-state index < -0.39 is 18.0 Å². The van der Waals surface area contributed by atoms with Crippen molar-refractivity contribution in [3.05, 3.63) is 82.5 Å². The van der Waals surface area contributed by atoms with Crippen molar-refractivity contribution >= 4 is 28.7 Å². The molecule has 8 nitrogen and oxygen atoms in total. The molecule has 1 fully saturated rings. The van der Waals surface area contributed by atoms with Gasteiger partial charge in [0.2, 0.25) is 0 Å². The first-order chi connectivity index (χ1) is 19.1. The van der Waals surface area contributed by atoms with Gasteiger partial charge in [-0.3, -0.25) is 4.98 Å². The predicted molar refractivity (Wildman–Crippen MR) is 151 cm³/mol. The summed E-state index contributed by atoms with van der Waals surface area (Å²) >= 11 is 6.43. The molecule has 0 amide bonds.